The fourth-order valence-electron chi connectivity index (χ4n) is 1.97. The van der Waals surface area contributed by atoms with E-state index in [2.05, 4.69) is 24.9 Å². The van der Waals surface area contributed by atoms with Crippen molar-refractivity contribution in [3.05, 3.63) is 53.7 Å². The maximum Gasteiger partial charge on any atom is 0.129 e. The van der Waals surface area contributed by atoms with E-state index in [0.717, 1.165) is 17.7 Å². The quantitative estimate of drug-likeness (QED) is 0.886. The smallest absolute Gasteiger partial charge is 0.129 e. The highest BCUT2D eigenvalue weighted by molar-refractivity contribution is 5.40. The van der Waals surface area contributed by atoms with Crippen LogP contribution in [0.5, 0.6) is 5.75 Å². The first kappa shape index (κ1) is 13.4. The van der Waals surface area contributed by atoms with Gasteiger partial charge < -0.3 is 10.5 Å². The summed E-state index contributed by atoms with van der Waals surface area (Å²) in [5.41, 5.74) is 7.98. The van der Waals surface area contributed by atoms with Gasteiger partial charge in [-0.2, -0.15) is 0 Å². The molecule has 0 spiro atoms. The van der Waals surface area contributed by atoms with E-state index < -0.39 is 0 Å². The van der Waals surface area contributed by atoms with Crippen LogP contribution in [0.4, 0.5) is 5.82 Å². The third kappa shape index (κ3) is 3.25. The number of rotatable bonds is 5. The largest absolute Gasteiger partial charge is 0.488 e. The summed E-state index contributed by atoms with van der Waals surface area (Å²) in [5, 5.41) is 0. The Morgan fingerprint density at radius 1 is 1.21 bits per heavy atom. The molecule has 0 saturated heterocycles. The molecule has 3 heteroatoms. The number of nitrogens with two attached hydrogens (primary N) is 1. The summed E-state index contributed by atoms with van der Waals surface area (Å²) in [5.74, 6) is 1.95. The number of anilines is 1. The molecule has 1 aromatic heterocycles. The molecule has 2 N–H and O–H groups in total. The van der Waals surface area contributed by atoms with E-state index in [1.54, 1.807) is 6.20 Å². The first-order chi connectivity index (χ1) is 9.22. The summed E-state index contributed by atoms with van der Waals surface area (Å²) in [6.07, 6.45) is 2.78. The summed E-state index contributed by atoms with van der Waals surface area (Å²) < 4.78 is 5.91. The van der Waals surface area contributed by atoms with Crippen molar-refractivity contribution in [3.8, 4) is 5.75 Å². The van der Waals surface area contributed by atoms with Crippen LogP contribution in [0.2, 0.25) is 0 Å². The van der Waals surface area contributed by atoms with Crippen LogP contribution in [-0.4, -0.2) is 4.98 Å². The topological polar surface area (TPSA) is 48.1 Å². The molecule has 0 aliphatic heterocycles. The van der Waals surface area contributed by atoms with Crippen LogP contribution in [-0.2, 0) is 6.61 Å². The molecule has 0 amide bonds. The molecule has 2 aromatic rings. The number of nitrogens with zero attached hydrogens (tertiary/aromatic N) is 1. The van der Waals surface area contributed by atoms with Gasteiger partial charge in [-0.15, -0.1) is 0 Å². The van der Waals surface area contributed by atoms with Crippen molar-refractivity contribution < 1.29 is 4.74 Å². The number of hydrogen-bond acceptors (Lipinski definition) is 3. The zero-order valence-electron chi connectivity index (χ0n) is 11.5. The first-order valence-electron chi connectivity index (χ1n) is 6.63. The van der Waals surface area contributed by atoms with Crippen LogP contribution in [0.1, 0.15) is 37.3 Å². The standard InChI is InChI=1S/C16H20N2O/c1-3-12(2)14-8-4-5-9-15(14)19-11-13-7-6-10-18-16(13)17/h4-10,12H,3,11H2,1-2H3,(H2,17,18). The molecular weight excluding hydrogens is 236 g/mol. The Bertz CT molecular complexity index is 540. The minimum absolute atomic E-state index is 0.452. The highest BCUT2D eigenvalue weighted by Gasteiger charge is 2.10. The highest BCUT2D eigenvalue weighted by atomic mass is 16.5. The number of aromatic nitrogens is 1. The second-order valence-electron chi connectivity index (χ2n) is 4.68. The average Bonchev–Trinajstić information content (AvgIpc) is 2.46. The SMILES string of the molecule is CCC(C)c1ccccc1OCc1cccnc1N. The summed E-state index contributed by atoms with van der Waals surface area (Å²) in [6, 6.07) is 12.0. The van der Waals surface area contributed by atoms with E-state index in [9.17, 15) is 0 Å². The van der Waals surface area contributed by atoms with Crippen LogP contribution >= 0.6 is 0 Å². The van der Waals surface area contributed by atoms with Gasteiger partial charge in [0, 0.05) is 11.8 Å². The summed E-state index contributed by atoms with van der Waals surface area (Å²) in [7, 11) is 0. The van der Waals surface area contributed by atoms with E-state index in [0.29, 0.717) is 18.3 Å². The number of hydrogen-bond donors (Lipinski definition) is 1. The van der Waals surface area contributed by atoms with E-state index in [1.165, 1.54) is 5.56 Å². The molecule has 1 aromatic carbocycles. The molecule has 1 atom stereocenters. The Morgan fingerprint density at radius 3 is 2.74 bits per heavy atom. The van der Waals surface area contributed by atoms with Crippen LogP contribution in [0.3, 0.4) is 0 Å². The van der Waals surface area contributed by atoms with Crippen molar-refractivity contribution in [3.63, 3.8) is 0 Å². The van der Waals surface area contributed by atoms with Crippen LogP contribution in [0.25, 0.3) is 0 Å². The Kier molecular flexibility index (Phi) is 4.39. The molecule has 0 saturated carbocycles. The van der Waals surface area contributed by atoms with Gasteiger partial charge in [-0.05, 0) is 30.0 Å². The maximum atomic E-state index is 5.91. The zero-order valence-corrected chi connectivity index (χ0v) is 11.5. The molecule has 3 nitrogen and oxygen atoms in total. The summed E-state index contributed by atoms with van der Waals surface area (Å²) in [4.78, 5) is 4.06. The second-order valence-corrected chi connectivity index (χ2v) is 4.68. The molecule has 100 valence electrons. The van der Waals surface area contributed by atoms with Crippen LogP contribution in [0, 0.1) is 0 Å². The molecule has 0 aliphatic rings. The number of pyridine rings is 1. The van der Waals surface area contributed by atoms with Gasteiger partial charge in [0.05, 0.1) is 0 Å². The molecule has 2 rings (SSSR count). The van der Waals surface area contributed by atoms with Gasteiger partial charge in [0.2, 0.25) is 0 Å². The van der Waals surface area contributed by atoms with E-state index >= 15 is 0 Å². The number of para-hydroxylation sites is 1. The monoisotopic (exact) mass is 256 g/mol. The van der Waals surface area contributed by atoms with Crippen LogP contribution < -0.4 is 10.5 Å². The van der Waals surface area contributed by atoms with Gasteiger partial charge in [-0.3, -0.25) is 0 Å². The third-order valence-electron chi connectivity index (χ3n) is 3.37. The van der Waals surface area contributed by atoms with E-state index in [4.69, 9.17) is 10.5 Å². The summed E-state index contributed by atoms with van der Waals surface area (Å²) >= 11 is 0. The Hall–Kier alpha value is -2.03. The van der Waals surface area contributed by atoms with E-state index in [-0.39, 0.29) is 0 Å². The molecule has 0 aliphatic carbocycles. The molecule has 0 bridgehead atoms. The Balaban J connectivity index is 2.14. The molecule has 19 heavy (non-hydrogen) atoms. The van der Waals surface area contributed by atoms with Gasteiger partial charge in [-0.25, -0.2) is 4.98 Å². The van der Waals surface area contributed by atoms with Crippen molar-refractivity contribution in [2.24, 2.45) is 0 Å². The molecule has 0 fully saturated rings. The second kappa shape index (κ2) is 6.23. The van der Waals surface area contributed by atoms with Gasteiger partial charge in [-0.1, -0.05) is 38.1 Å². The first-order valence-corrected chi connectivity index (χ1v) is 6.63. The molecule has 1 heterocycles. The van der Waals surface area contributed by atoms with Gasteiger partial charge in [0.25, 0.3) is 0 Å². The minimum atomic E-state index is 0.452. The number of benzene rings is 1. The Labute approximate surface area is 114 Å². The lowest BCUT2D eigenvalue weighted by Crippen LogP contribution is -2.04. The highest BCUT2D eigenvalue weighted by Crippen LogP contribution is 2.29. The van der Waals surface area contributed by atoms with Gasteiger partial charge >= 0.3 is 0 Å². The number of nitrogen functional groups attached to an aromatic ring is 1. The Morgan fingerprint density at radius 2 is 2.00 bits per heavy atom. The van der Waals surface area contributed by atoms with Crippen molar-refractivity contribution >= 4 is 5.82 Å². The molecule has 1 unspecified atom stereocenters. The fraction of sp³-hybridized carbons (Fsp3) is 0.312. The molecular formula is C16H20N2O. The van der Waals surface area contributed by atoms with Crippen molar-refractivity contribution in [1.82, 2.24) is 4.98 Å². The lowest BCUT2D eigenvalue weighted by atomic mass is 9.98. The van der Waals surface area contributed by atoms with Crippen molar-refractivity contribution in [2.75, 3.05) is 5.73 Å². The lowest BCUT2D eigenvalue weighted by molar-refractivity contribution is 0.301. The van der Waals surface area contributed by atoms with Crippen LogP contribution in [0.15, 0.2) is 42.6 Å². The average molecular weight is 256 g/mol. The van der Waals surface area contributed by atoms with Gasteiger partial charge in [0.15, 0.2) is 0 Å². The third-order valence-corrected chi connectivity index (χ3v) is 3.37. The zero-order chi connectivity index (χ0) is 13.7. The molecule has 0 radical (unpaired) electrons. The van der Waals surface area contributed by atoms with Crippen molar-refractivity contribution in [2.45, 2.75) is 32.8 Å². The maximum absolute atomic E-state index is 5.91. The summed E-state index contributed by atoms with van der Waals surface area (Å²) in [6.45, 7) is 4.84. The van der Waals surface area contributed by atoms with Crippen molar-refractivity contribution in [1.29, 1.82) is 0 Å². The number of ether oxygens (including phenoxy) is 1. The van der Waals surface area contributed by atoms with Gasteiger partial charge in [0.1, 0.15) is 18.2 Å². The normalized spacial score (nSPS) is 12.1. The van der Waals surface area contributed by atoms with E-state index in [1.807, 2.05) is 30.3 Å². The lowest BCUT2D eigenvalue weighted by Gasteiger charge is -2.16. The fourth-order valence-corrected chi connectivity index (χ4v) is 1.97. The predicted molar refractivity (Wildman–Crippen MR) is 78.1 cm³/mol. The minimum Gasteiger partial charge on any atom is -0.488 e. The predicted octanol–water partition coefficient (Wildman–Crippen LogP) is 3.76.